The number of fused-ring (bicyclic) bond motifs is 1. The number of aromatic nitrogens is 4. The predicted molar refractivity (Wildman–Crippen MR) is 112 cm³/mol. The summed E-state index contributed by atoms with van der Waals surface area (Å²) in [6.07, 6.45) is 0. The van der Waals surface area contributed by atoms with E-state index in [1.54, 1.807) is 36.7 Å². The lowest BCUT2D eigenvalue weighted by molar-refractivity contribution is 0.103. The van der Waals surface area contributed by atoms with Crippen molar-refractivity contribution in [2.24, 2.45) is 7.05 Å². The molecule has 9 heteroatoms. The molecule has 3 aromatic heterocycles. The van der Waals surface area contributed by atoms with Crippen LogP contribution in [0, 0.1) is 18.3 Å². The van der Waals surface area contributed by atoms with Crippen molar-refractivity contribution in [1.29, 1.82) is 5.26 Å². The van der Waals surface area contributed by atoms with Gasteiger partial charge in [0.2, 0.25) is 11.8 Å². The van der Waals surface area contributed by atoms with E-state index in [4.69, 9.17) is 4.42 Å². The Hall–Kier alpha value is -3.25. The van der Waals surface area contributed by atoms with Gasteiger partial charge in [0.05, 0.1) is 17.2 Å². The van der Waals surface area contributed by atoms with Crippen molar-refractivity contribution >= 4 is 16.7 Å². The Morgan fingerprint density at radius 1 is 1.23 bits per heavy atom. The van der Waals surface area contributed by atoms with E-state index in [0.717, 1.165) is 12.2 Å². The molecule has 1 fully saturated rings. The molecular weight excluding hydrogens is 382 g/mol. The van der Waals surface area contributed by atoms with Gasteiger partial charge in [-0.25, -0.2) is 4.98 Å². The normalized spacial score (nSPS) is 21.0. The molecule has 0 bridgehead atoms. The first kappa shape index (κ1) is 20.0. The molecule has 1 saturated heterocycles. The van der Waals surface area contributed by atoms with Gasteiger partial charge in [0.1, 0.15) is 17.3 Å². The molecule has 4 rings (SSSR count). The van der Waals surface area contributed by atoms with Crippen LogP contribution in [-0.4, -0.2) is 49.8 Å². The maximum Gasteiger partial charge on any atom is 0.252 e. The Kier molecular flexibility index (Phi) is 5.03. The zero-order chi connectivity index (χ0) is 21.6. The summed E-state index contributed by atoms with van der Waals surface area (Å²) in [5.41, 5.74) is 2.39. The molecule has 0 amide bonds. The first-order valence-corrected chi connectivity index (χ1v) is 10.0. The van der Waals surface area contributed by atoms with E-state index in [0.29, 0.717) is 35.1 Å². The maximum absolute atomic E-state index is 12.6. The van der Waals surface area contributed by atoms with Crippen molar-refractivity contribution in [2.45, 2.75) is 45.8 Å². The molecule has 0 spiro atoms. The highest BCUT2D eigenvalue weighted by molar-refractivity contribution is 5.89. The Labute approximate surface area is 174 Å². The van der Waals surface area contributed by atoms with Gasteiger partial charge in [-0.05, 0) is 32.9 Å². The van der Waals surface area contributed by atoms with Gasteiger partial charge in [0.25, 0.3) is 5.56 Å². The summed E-state index contributed by atoms with van der Waals surface area (Å²) >= 11 is 0. The third-order valence-electron chi connectivity index (χ3n) is 5.92. The number of nitrogens with zero attached hydrogens (tertiary/aromatic N) is 7. The Morgan fingerprint density at radius 3 is 2.67 bits per heavy atom. The van der Waals surface area contributed by atoms with Crippen molar-refractivity contribution in [2.75, 3.05) is 18.0 Å². The molecule has 156 valence electrons. The van der Waals surface area contributed by atoms with Crippen molar-refractivity contribution in [3.05, 3.63) is 46.0 Å². The standard InChI is InChI=1S/C21H25N7O2/c1-12-11-28(13(2)10-27(12)14(3)21-25-24-15(4)30-21)18-8-19(29)26(5)17-7-6-16(9-22)23-20(17)18/h6-8,12-14H,10-11H2,1-5H3/t12-,13+,14?/m1/s1. The minimum Gasteiger partial charge on any atom is -0.424 e. The van der Waals surface area contributed by atoms with Gasteiger partial charge in [0, 0.05) is 45.2 Å². The molecule has 30 heavy (non-hydrogen) atoms. The lowest BCUT2D eigenvalue weighted by Gasteiger charge is -2.47. The summed E-state index contributed by atoms with van der Waals surface area (Å²) in [5, 5.41) is 17.4. The van der Waals surface area contributed by atoms with Crippen molar-refractivity contribution in [1.82, 2.24) is 24.6 Å². The third kappa shape index (κ3) is 3.33. The minimum absolute atomic E-state index is 0.00509. The fourth-order valence-electron chi connectivity index (χ4n) is 4.24. The van der Waals surface area contributed by atoms with Crippen LogP contribution in [0.1, 0.15) is 44.3 Å². The third-order valence-corrected chi connectivity index (χ3v) is 5.92. The van der Waals surface area contributed by atoms with Crippen LogP contribution in [0.4, 0.5) is 5.69 Å². The number of pyridine rings is 2. The zero-order valence-corrected chi connectivity index (χ0v) is 17.8. The lowest BCUT2D eigenvalue weighted by Crippen LogP contribution is -2.57. The average molecular weight is 407 g/mol. The average Bonchev–Trinajstić information content (AvgIpc) is 3.17. The smallest absolute Gasteiger partial charge is 0.252 e. The molecule has 0 radical (unpaired) electrons. The monoisotopic (exact) mass is 407 g/mol. The quantitative estimate of drug-likeness (QED) is 0.650. The second-order valence-electron chi connectivity index (χ2n) is 7.99. The van der Waals surface area contributed by atoms with Gasteiger partial charge in [-0.3, -0.25) is 9.69 Å². The Balaban J connectivity index is 1.71. The van der Waals surface area contributed by atoms with E-state index in [1.165, 1.54) is 0 Å². The number of hydrogen-bond donors (Lipinski definition) is 0. The largest absolute Gasteiger partial charge is 0.424 e. The second-order valence-corrected chi connectivity index (χ2v) is 7.99. The summed E-state index contributed by atoms with van der Waals surface area (Å²) in [4.78, 5) is 21.7. The first-order valence-electron chi connectivity index (χ1n) is 10.0. The molecule has 0 N–H and O–H groups in total. The van der Waals surface area contributed by atoms with E-state index >= 15 is 0 Å². The molecule has 4 heterocycles. The molecule has 1 unspecified atom stereocenters. The van der Waals surface area contributed by atoms with Gasteiger partial charge in [0.15, 0.2) is 0 Å². The van der Waals surface area contributed by atoms with Gasteiger partial charge in [-0.1, -0.05) is 0 Å². The van der Waals surface area contributed by atoms with Crippen molar-refractivity contribution in [3.63, 3.8) is 0 Å². The molecule has 1 aliphatic rings. The fourth-order valence-corrected chi connectivity index (χ4v) is 4.24. The first-order chi connectivity index (χ1) is 14.3. The van der Waals surface area contributed by atoms with Crippen LogP contribution in [0.2, 0.25) is 0 Å². The molecule has 9 nitrogen and oxygen atoms in total. The highest BCUT2D eigenvalue weighted by Crippen LogP contribution is 2.32. The van der Waals surface area contributed by atoms with Gasteiger partial charge >= 0.3 is 0 Å². The molecule has 0 saturated carbocycles. The zero-order valence-electron chi connectivity index (χ0n) is 17.8. The van der Waals surface area contributed by atoms with Gasteiger partial charge in [-0.15, -0.1) is 10.2 Å². The Morgan fingerprint density at radius 2 is 2.00 bits per heavy atom. The van der Waals surface area contributed by atoms with Crippen LogP contribution in [0.3, 0.4) is 0 Å². The number of piperazine rings is 1. The topological polar surface area (TPSA) is 104 Å². The van der Waals surface area contributed by atoms with E-state index in [-0.39, 0.29) is 23.7 Å². The van der Waals surface area contributed by atoms with E-state index < -0.39 is 0 Å². The van der Waals surface area contributed by atoms with E-state index in [2.05, 4.69) is 51.8 Å². The lowest BCUT2D eigenvalue weighted by atomic mass is 10.0. The molecule has 0 aromatic carbocycles. The summed E-state index contributed by atoms with van der Waals surface area (Å²) in [7, 11) is 1.72. The number of aryl methyl sites for hydroxylation is 2. The summed E-state index contributed by atoms with van der Waals surface area (Å²) in [5.74, 6) is 1.17. The van der Waals surface area contributed by atoms with Gasteiger partial charge < -0.3 is 13.9 Å². The maximum atomic E-state index is 12.6. The summed E-state index contributed by atoms with van der Waals surface area (Å²) in [6.45, 7) is 9.60. The minimum atomic E-state index is -0.0963. The molecule has 3 aromatic rings. The SMILES string of the molecule is Cc1nnc(C(C)N2C[C@H](C)N(c3cc(=O)n(C)c4ccc(C#N)nc34)C[C@H]2C)o1. The van der Waals surface area contributed by atoms with Gasteiger partial charge in [-0.2, -0.15) is 5.26 Å². The number of hydrogen-bond acceptors (Lipinski definition) is 8. The Bertz CT molecular complexity index is 1190. The van der Waals surface area contributed by atoms with Crippen LogP contribution in [0.15, 0.2) is 27.4 Å². The predicted octanol–water partition coefficient (Wildman–Crippen LogP) is 2.16. The second kappa shape index (κ2) is 7.54. The van der Waals surface area contributed by atoms with Crippen LogP contribution >= 0.6 is 0 Å². The van der Waals surface area contributed by atoms with Crippen LogP contribution in [0.5, 0.6) is 0 Å². The molecule has 3 atom stereocenters. The molecule has 0 aliphatic carbocycles. The molecule has 1 aliphatic heterocycles. The number of anilines is 1. The van der Waals surface area contributed by atoms with Crippen LogP contribution in [0.25, 0.3) is 11.0 Å². The highest BCUT2D eigenvalue weighted by Gasteiger charge is 2.35. The van der Waals surface area contributed by atoms with Crippen molar-refractivity contribution in [3.8, 4) is 6.07 Å². The van der Waals surface area contributed by atoms with E-state index in [1.807, 2.05) is 0 Å². The van der Waals surface area contributed by atoms with Crippen LogP contribution < -0.4 is 10.5 Å². The fraction of sp³-hybridized carbons (Fsp3) is 0.476. The number of rotatable bonds is 3. The van der Waals surface area contributed by atoms with Crippen LogP contribution in [-0.2, 0) is 7.05 Å². The summed E-state index contributed by atoms with van der Waals surface area (Å²) in [6, 6.07) is 7.45. The summed E-state index contributed by atoms with van der Waals surface area (Å²) < 4.78 is 7.21. The number of nitriles is 1. The highest BCUT2D eigenvalue weighted by atomic mass is 16.4. The molecular formula is C21H25N7O2. The van der Waals surface area contributed by atoms with E-state index in [9.17, 15) is 10.1 Å². The van der Waals surface area contributed by atoms with Crippen molar-refractivity contribution < 1.29 is 4.42 Å².